The topological polar surface area (TPSA) is 108 Å². The number of hydrogen-bond acceptors (Lipinski definition) is 7. The highest BCUT2D eigenvalue weighted by Crippen LogP contribution is 2.43. The first-order valence-corrected chi connectivity index (χ1v) is 36.8. The van der Waals surface area contributed by atoms with E-state index in [9.17, 15) is 19.0 Å². The predicted octanol–water partition coefficient (Wildman–Crippen LogP) is 23.0. The number of quaternary nitrogens is 1. The van der Waals surface area contributed by atoms with Crippen LogP contribution in [-0.2, 0) is 32.7 Å². The Hall–Kier alpha value is -3.59. The van der Waals surface area contributed by atoms with E-state index in [0.717, 1.165) is 103 Å². The van der Waals surface area contributed by atoms with Gasteiger partial charge in [-0.25, -0.2) is 4.57 Å². The van der Waals surface area contributed by atoms with E-state index in [1.165, 1.54) is 161 Å². The standard InChI is InChI=1S/C76H132NO8P/c1-6-8-10-12-14-16-18-20-22-24-26-28-30-32-34-35-36-37-38-39-40-41-43-45-47-49-51-53-55-57-59-61-63-65-67-69-76(79)85-74(73-84-86(80,81)83-71-70-77(3,4)5)72-82-75(78)68-66-64-62-60-58-56-54-52-50-48-46-44-42-33-31-29-27-25-23-21-19-17-15-13-11-9-7-2/h8-11,14-17,20-23,26-29,32,34,36-37,74H,6-7,12-13,18-19,24-25,30-31,33,35,38-73H2,1-5H3/p+1/b10-8-,11-9-,16-14-,17-15-,22-20-,23-21-,28-26-,29-27-,34-32-,37-36-. The first kappa shape index (κ1) is 82.4. The highest BCUT2D eigenvalue weighted by atomic mass is 31.2. The van der Waals surface area contributed by atoms with Gasteiger partial charge in [0.2, 0.25) is 0 Å². The summed E-state index contributed by atoms with van der Waals surface area (Å²) in [5, 5.41) is 0. The second-order valence-corrected chi connectivity index (χ2v) is 26.0. The minimum atomic E-state index is -4.40. The van der Waals surface area contributed by atoms with Gasteiger partial charge in [0.1, 0.15) is 19.8 Å². The first-order valence-electron chi connectivity index (χ1n) is 35.3. The van der Waals surface area contributed by atoms with Crippen LogP contribution in [-0.4, -0.2) is 74.9 Å². The van der Waals surface area contributed by atoms with Crippen LogP contribution in [0.1, 0.15) is 296 Å². The Bertz CT molecular complexity index is 1870. The summed E-state index contributed by atoms with van der Waals surface area (Å²) >= 11 is 0. The fourth-order valence-electron chi connectivity index (χ4n) is 9.66. The third-order valence-corrected chi connectivity index (χ3v) is 16.0. The number of esters is 2. The summed E-state index contributed by atoms with van der Waals surface area (Å²) in [6.07, 6.45) is 94.4. The maximum absolute atomic E-state index is 12.9. The zero-order valence-corrected chi connectivity index (χ0v) is 57.2. The lowest BCUT2D eigenvalue weighted by molar-refractivity contribution is -0.870. The fourth-order valence-corrected chi connectivity index (χ4v) is 10.4. The average molecular weight is 1220 g/mol. The van der Waals surface area contributed by atoms with Crippen molar-refractivity contribution in [2.24, 2.45) is 0 Å². The molecule has 0 aromatic rings. The molecule has 0 aliphatic carbocycles. The number of carbonyl (C=O) groups excluding carboxylic acids is 2. The van der Waals surface area contributed by atoms with Gasteiger partial charge in [-0.15, -0.1) is 0 Å². The monoisotopic (exact) mass is 1220 g/mol. The van der Waals surface area contributed by atoms with E-state index >= 15 is 0 Å². The maximum atomic E-state index is 12.9. The molecule has 1 N–H and O–H groups in total. The lowest BCUT2D eigenvalue weighted by Crippen LogP contribution is -2.37. The highest BCUT2D eigenvalue weighted by Gasteiger charge is 2.27. The number of phosphoric acid groups is 1. The van der Waals surface area contributed by atoms with Crippen LogP contribution in [0.3, 0.4) is 0 Å². The molecule has 2 atom stereocenters. The van der Waals surface area contributed by atoms with Gasteiger partial charge >= 0.3 is 19.8 Å². The summed E-state index contributed by atoms with van der Waals surface area (Å²) in [4.78, 5) is 35.9. The number of ether oxygens (including phenoxy) is 2. The molecule has 0 saturated heterocycles. The van der Waals surface area contributed by atoms with Crippen LogP contribution in [0.15, 0.2) is 122 Å². The number of hydrogen-bond donors (Lipinski definition) is 1. The van der Waals surface area contributed by atoms with Crippen LogP contribution < -0.4 is 0 Å². The molecule has 9 nitrogen and oxygen atoms in total. The summed E-state index contributed by atoms with van der Waals surface area (Å²) < 4.78 is 34.7. The minimum Gasteiger partial charge on any atom is -0.462 e. The molecule has 0 aromatic carbocycles. The number of nitrogens with zero attached hydrogens (tertiary/aromatic N) is 1. The third-order valence-electron chi connectivity index (χ3n) is 15.0. The number of rotatable bonds is 64. The SMILES string of the molecule is CC/C=C\C/C=C\C/C=C\C/C=C\C/C=C\C/C=C\CCCCCCCCCCCCCCCCCCC(=O)OC(COC(=O)CCCCCCCCCCCCCCCC/C=C\C/C=C\C/C=C\C/C=C\CC)COP(=O)(O)OCC[N+](C)(C)C. The van der Waals surface area contributed by atoms with Gasteiger partial charge in [-0.05, 0) is 103 Å². The van der Waals surface area contributed by atoms with Crippen LogP contribution in [0.4, 0.5) is 0 Å². The van der Waals surface area contributed by atoms with Crippen molar-refractivity contribution in [3.63, 3.8) is 0 Å². The molecular weight excluding hydrogens is 1090 g/mol. The van der Waals surface area contributed by atoms with Crippen molar-refractivity contribution < 1.29 is 42.1 Å². The molecule has 0 fully saturated rings. The maximum Gasteiger partial charge on any atom is 0.472 e. The van der Waals surface area contributed by atoms with E-state index < -0.39 is 26.5 Å². The van der Waals surface area contributed by atoms with Crippen molar-refractivity contribution in [2.75, 3.05) is 47.5 Å². The Balaban J connectivity index is 4.04. The molecule has 0 amide bonds. The first-order chi connectivity index (χ1) is 42.0. The molecule has 0 aliphatic heterocycles. The van der Waals surface area contributed by atoms with Crippen LogP contribution >= 0.6 is 7.82 Å². The van der Waals surface area contributed by atoms with Crippen molar-refractivity contribution in [1.29, 1.82) is 0 Å². The summed E-state index contributed by atoms with van der Waals surface area (Å²) in [5.41, 5.74) is 0. The van der Waals surface area contributed by atoms with Crippen LogP contribution in [0.2, 0.25) is 0 Å². The van der Waals surface area contributed by atoms with E-state index in [2.05, 4.69) is 135 Å². The molecular formula is C76H133NO8P+. The van der Waals surface area contributed by atoms with E-state index in [1.807, 2.05) is 21.1 Å². The Labute approximate surface area is 530 Å². The summed E-state index contributed by atoms with van der Waals surface area (Å²) in [6.45, 7) is 4.23. The molecule has 0 spiro atoms. The number of allylic oxidation sites excluding steroid dienone is 20. The Morgan fingerprint density at radius 2 is 0.628 bits per heavy atom. The largest absolute Gasteiger partial charge is 0.472 e. The normalized spacial score (nSPS) is 13.9. The van der Waals surface area contributed by atoms with Gasteiger partial charge in [0.05, 0.1) is 27.7 Å². The van der Waals surface area contributed by atoms with E-state index in [-0.39, 0.29) is 32.0 Å². The van der Waals surface area contributed by atoms with Gasteiger partial charge in [-0.1, -0.05) is 302 Å². The third kappa shape index (κ3) is 69.5. The molecule has 10 heteroatoms. The molecule has 0 bridgehead atoms. The second kappa shape index (κ2) is 65.8. The average Bonchev–Trinajstić information content (AvgIpc) is 3.56. The summed E-state index contributed by atoms with van der Waals surface area (Å²) in [6, 6.07) is 0. The van der Waals surface area contributed by atoms with Gasteiger partial charge in [-0.2, -0.15) is 0 Å². The van der Waals surface area contributed by atoms with Gasteiger partial charge in [0, 0.05) is 12.8 Å². The van der Waals surface area contributed by atoms with Crippen molar-refractivity contribution in [1.82, 2.24) is 0 Å². The van der Waals surface area contributed by atoms with Gasteiger partial charge in [0.25, 0.3) is 0 Å². The lowest BCUT2D eigenvalue weighted by Gasteiger charge is -2.24. The lowest BCUT2D eigenvalue weighted by atomic mass is 10.0. The van der Waals surface area contributed by atoms with E-state index in [4.69, 9.17) is 18.5 Å². The van der Waals surface area contributed by atoms with Gasteiger partial charge < -0.3 is 18.9 Å². The second-order valence-electron chi connectivity index (χ2n) is 24.5. The summed E-state index contributed by atoms with van der Waals surface area (Å²) in [7, 11) is 1.48. The van der Waals surface area contributed by atoms with Crippen LogP contribution in [0.25, 0.3) is 0 Å². The van der Waals surface area contributed by atoms with Crippen molar-refractivity contribution >= 4 is 19.8 Å². The van der Waals surface area contributed by atoms with Crippen molar-refractivity contribution in [3.05, 3.63) is 122 Å². The fraction of sp³-hybridized carbons (Fsp3) is 0.711. The summed E-state index contributed by atoms with van der Waals surface area (Å²) in [5.74, 6) is -0.793. The number of phosphoric ester groups is 1. The van der Waals surface area contributed by atoms with Crippen molar-refractivity contribution in [2.45, 2.75) is 302 Å². The zero-order chi connectivity index (χ0) is 62.6. The molecule has 494 valence electrons. The molecule has 0 rings (SSSR count). The molecule has 0 saturated carbocycles. The molecule has 86 heavy (non-hydrogen) atoms. The van der Waals surface area contributed by atoms with Crippen LogP contribution in [0.5, 0.6) is 0 Å². The quantitative estimate of drug-likeness (QED) is 0.0211. The highest BCUT2D eigenvalue weighted by molar-refractivity contribution is 7.47. The zero-order valence-electron chi connectivity index (χ0n) is 56.3. The Kier molecular flexibility index (Phi) is 63.1. The number of unbranched alkanes of at least 4 members (excludes halogenated alkanes) is 30. The Morgan fingerprint density at radius 1 is 0.360 bits per heavy atom. The minimum absolute atomic E-state index is 0.0283. The number of carbonyl (C=O) groups is 2. The molecule has 0 aliphatic rings. The van der Waals surface area contributed by atoms with Gasteiger partial charge in [-0.3, -0.25) is 18.6 Å². The van der Waals surface area contributed by atoms with E-state index in [0.29, 0.717) is 17.4 Å². The number of likely N-dealkylation sites (N-methyl/N-ethyl adjacent to an activating group) is 1. The smallest absolute Gasteiger partial charge is 0.462 e. The molecule has 2 unspecified atom stereocenters. The van der Waals surface area contributed by atoms with Crippen LogP contribution in [0, 0.1) is 0 Å². The molecule has 0 aromatic heterocycles. The Morgan fingerprint density at radius 3 is 0.930 bits per heavy atom. The van der Waals surface area contributed by atoms with Gasteiger partial charge in [0.15, 0.2) is 6.10 Å². The predicted molar refractivity (Wildman–Crippen MR) is 371 cm³/mol. The molecule has 0 radical (unpaired) electrons. The molecule has 0 heterocycles. The van der Waals surface area contributed by atoms with Crippen molar-refractivity contribution in [3.8, 4) is 0 Å². The van der Waals surface area contributed by atoms with E-state index in [1.54, 1.807) is 0 Å².